The average Bonchev–Trinajstić information content (AvgIpc) is 3.02. The molecule has 1 amide bonds. The third-order valence-corrected chi connectivity index (χ3v) is 3.11. The van der Waals surface area contributed by atoms with Gasteiger partial charge in [0.05, 0.1) is 12.6 Å². The lowest BCUT2D eigenvalue weighted by molar-refractivity contribution is 0.100. The van der Waals surface area contributed by atoms with E-state index in [0.717, 1.165) is 0 Å². The standard InChI is InChI=1S/C12H18N4O3/c1-2-5-19-12(18)16-7-11(17)6-10(16)3-4-15-9-13-8-14-15/h2,8-11,17H,1,3-7H2/t10-,11-/m1/s1. The Balaban J connectivity index is 1.89. The molecule has 104 valence electrons. The number of β-amino-alcohol motifs (C(OH)–C–C–N with tert-alkyl or cyclic N) is 1. The maximum absolute atomic E-state index is 11.8. The van der Waals surface area contributed by atoms with Crippen LogP contribution >= 0.6 is 0 Å². The molecule has 1 aliphatic heterocycles. The number of likely N-dealkylation sites (tertiary alicyclic amines) is 1. The summed E-state index contributed by atoms with van der Waals surface area (Å²) in [6.07, 6.45) is 5.01. The normalized spacial score (nSPS) is 22.5. The minimum Gasteiger partial charge on any atom is -0.445 e. The third kappa shape index (κ3) is 3.54. The molecule has 7 heteroatoms. The molecule has 1 aromatic rings. The van der Waals surface area contributed by atoms with Crippen LogP contribution in [0.25, 0.3) is 0 Å². The molecule has 1 fully saturated rings. The van der Waals surface area contributed by atoms with Crippen molar-refractivity contribution in [2.45, 2.75) is 31.5 Å². The Bertz CT molecular complexity index is 421. The monoisotopic (exact) mass is 266 g/mol. The molecule has 0 bridgehead atoms. The van der Waals surface area contributed by atoms with Crippen LogP contribution in [0.3, 0.4) is 0 Å². The van der Waals surface area contributed by atoms with Crippen molar-refractivity contribution in [2.75, 3.05) is 13.2 Å². The van der Waals surface area contributed by atoms with Gasteiger partial charge in [0.15, 0.2) is 0 Å². The second kappa shape index (κ2) is 6.33. The number of ether oxygens (including phenoxy) is 1. The zero-order valence-corrected chi connectivity index (χ0v) is 10.7. The zero-order chi connectivity index (χ0) is 13.7. The van der Waals surface area contributed by atoms with Gasteiger partial charge in [0, 0.05) is 12.6 Å². The van der Waals surface area contributed by atoms with Gasteiger partial charge in [-0.05, 0) is 12.8 Å². The van der Waals surface area contributed by atoms with Crippen LogP contribution in [0, 0.1) is 0 Å². The van der Waals surface area contributed by atoms with E-state index in [1.807, 2.05) is 0 Å². The summed E-state index contributed by atoms with van der Waals surface area (Å²) in [6, 6.07) is -0.0310. The fourth-order valence-corrected chi connectivity index (χ4v) is 2.23. The summed E-state index contributed by atoms with van der Waals surface area (Å²) in [7, 11) is 0. The Kier molecular flexibility index (Phi) is 4.51. The summed E-state index contributed by atoms with van der Waals surface area (Å²) in [5.41, 5.74) is 0. The molecule has 1 aliphatic rings. The summed E-state index contributed by atoms with van der Waals surface area (Å²) in [5.74, 6) is 0. The summed E-state index contributed by atoms with van der Waals surface area (Å²) in [5, 5.41) is 13.7. The van der Waals surface area contributed by atoms with Crippen LogP contribution in [0.4, 0.5) is 4.79 Å². The molecule has 0 spiro atoms. The Morgan fingerprint density at radius 3 is 3.16 bits per heavy atom. The van der Waals surface area contributed by atoms with Crippen LogP contribution in [-0.2, 0) is 11.3 Å². The Morgan fingerprint density at radius 2 is 2.47 bits per heavy atom. The van der Waals surface area contributed by atoms with E-state index in [4.69, 9.17) is 4.74 Å². The van der Waals surface area contributed by atoms with E-state index < -0.39 is 12.2 Å². The predicted molar refractivity (Wildman–Crippen MR) is 67.3 cm³/mol. The van der Waals surface area contributed by atoms with Crippen LogP contribution in [0.15, 0.2) is 25.3 Å². The van der Waals surface area contributed by atoms with E-state index in [1.54, 1.807) is 15.9 Å². The quantitative estimate of drug-likeness (QED) is 0.781. The van der Waals surface area contributed by atoms with Crippen molar-refractivity contribution >= 4 is 6.09 Å². The van der Waals surface area contributed by atoms with E-state index >= 15 is 0 Å². The highest BCUT2D eigenvalue weighted by atomic mass is 16.6. The molecular weight excluding hydrogens is 248 g/mol. The van der Waals surface area contributed by atoms with Gasteiger partial charge >= 0.3 is 6.09 Å². The summed E-state index contributed by atoms with van der Waals surface area (Å²) >= 11 is 0. The van der Waals surface area contributed by atoms with Crippen LogP contribution in [0.1, 0.15) is 12.8 Å². The predicted octanol–water partition coefficient (Wildman–Crippen LogP) is 0.426. The number of amides is 1. The molecule has 2 atom stereocenters. The van der Waals surface area contributed by atoms with Crippen molar-refractivity contribution in [3.8, 4) is 0 Å². The van der Waals surface area contributed by atoms with Gasteiger partial charge in [-0.25, -0.2) is 9.78 Å². The largest absolute Gasteiger partial charge is 0.445 e. The van der Waals surface area contributed by atoms with Gasteiger partial charge in [0.1, 0.15) is 19.3 Å². The number of aryl methyl sites for hydroxylation is 1. The molecular formula is C12H18N4O3. The fraction of sp³-hybridized carbons (Fsp3) is 0.583. The lowest BCUT2D eigenvalue weighted by Crippen LogP contribution is -2.37. The van der Waals surface area contributed by atoms with Crippen molar-refractivity contribution in [3.05, 3.63) is 25.3 Å². The Hall–Kier alpha value is -1.89. The Morgan fingerprint density at radius 1 is 1.63 bits per heavy atom. The first-order valence-corrected chi connectivity index (χ1v) is 6.25. The first kappa shape index (κ1) is 13.5. The SMILES string of the molecule is C=CCOC(=O)N1C[C@H](O)C[C@H]1CCn1cncn1. The lowest BCUT2D eigenvalue weighted by atomic mass is 10.1. The molecule has 0 unspecified atom stereocenters. The molecule has 1 N–H and O–H groups in total. The number of rotatable bonds is 5. The van der Waals surface area contributed by atoms with E-state index in [0.29, 0.717) is 25.9 Å². The number of nitrogens with zero attached hydrogens (tertiary/aromatic N) is 4. The second-order valence-corrected chi connectivity index (χ2v) is 4.51. The van der Waals surface area contributed by atoms with E-state index in [1.165, 1.54) is 12.4 Å². The number of hydrogen-bond acceptors (Lipinski definition) is 5. The molecule has 1 saturated heterocycles. The summed E-state index contributed by atoms with van der Waals surface area (Å²) < 4.78 is 6.72. The molecule has 0 aromatic carbocycles. The van der Waals surface area contributed by atoms with Crippen LogP contribution < -0.4 is 0 Å². The number of hydrogen-bond donors (Lipinski definition) is 1. The van der Waals surface area contributed by atoms with Gasteiger partial charge in [-0.1, -0.05) is 12.7 Å². The lowest BCUT2D eigenvalue weighted by Gasteiger charge is -2.23. The van der Waals surface area contributed by atoms with Crippen LogP contribution in [0.5, 0.6) is 0 Å². The third-order valence-electron chi connectivity index (χ3n) is 3.11. The maximum atomic E-state index is 11.8. The summed E-state index contributed by atoms with van der Waals surface area (Å²) in [4.78, 5) is 17.3. The molecule has 1 aromatic heterocycles. The first-order chi connectivity index (χ1) is 9.20. The Labute approximate surface area is 111 Å². The molecule has 0 saturated carbocycles. The zero-order valence-electron chi connectivity index (χ0n) is 10.7. The van der Waals surface area contributed by atoms with E-state index in [-0.39, 0.29) is 12.6 Å². The topological polar surface area (TPSA) is 80.5 Å². The van der Waals surface area contributed by atoms with Gasteiger partial charge in [-0.15, -0.1) is 0 Å². The van der Waals surface area contributed by atoms with Crippen molar-refractivity contribution in [1.29, 1.82) is 0 Å². The van der Waals surface area contributed by atoms with E-state index in [2.05, 4.69) is 16.7 Å². The highest BCUT2D eigenvalue weighted by Gasteiger charge is 2.34. The van der Waals surface area contributed by atoms with Crippen molar-refractivity contribution < 1.29 is 14.6 Å². The molecule has 0 radical (unpaired) electrons. The molecule has 7 nitrogen and oxygen atoms in total. The van der Waals surface area contributed by atoms with Gasteiger partial charge in [0.2, 0.25) is 0 Å². The molecule has 19 heavy (non-hydrogen) atoms. The number of carbonyl (C=O) groups is 1. The van der Waals surface area contributed by atoms with Crippen molar-refractivity contribution in [1.82, 2.24) is 19.7 Å². The fourth-order valence-electron chi connectivity index (χ4n) is 2.23. The van der Waals surface area contributed by atoms with Crippen molar-refractivity contribution in [3.63, 3.8) is 0 Å². The van der Waals surface area contributed by atoms with Crippen LogP contribution in [0.2, 0.25) is 0 Å². The number of carbonyl (C=O) groups excluding carboxylic acids is 1. The molecule has 2 rings (SSSR count). The maximum Gasteiger partial charge on any atom is 0.410 e. The minimum atomic E-state index is -0.489. The minimum absolute atomic E-state index is 0.0310. The summed E-state index contributed by atoms with van der Waals surface area (Å²) in [6.45, 7) is 4.65. The highest BCUT2D eigenvalue weighted by Crippen LogP contribution is 2.22. The number of aromatic nitrogens is 3. The van der Waals surface area contributed by atoms with Gasteiger partial charge < -0.3 is 14.7 Å². The first-order valence-electron chi connectivity index (χ1n) is 6.25. The number of aliphatic hydroxyl groups is 1. The van der Waals surface area contributed by atoms with Gasteiger partial charge in [-0.2, -0.15) is 5.10 Å². The van der Waals surface area contributed by atoms with Gasteiger partial charge in [0.25, 0.3) is 0 Å². The van der Waals surface area contributed by atoms with Crippen molar-refractivity contribution in [2.24, 2.45) is 0 Å². The molecule has 0 aliphatic carbocycles. The average molecular weight is 266 g/mol. The molecule has 2 heterocycles. The smallest absolute Gasteiger partial charge is 0.410 e. The van der Waals surface area contributed by atoms with Gasteiger partial charge in [-0.3, -0.25) is 4.68 Å². The van der Waals surface area contributed by atoms with E-state index in [9.17, 15) is 9.90 Å². The van der Waals surface area contributed by atoms with Crippen LogP contribution in [-0.4, -0.2) is 56.2 Å². The second-order valence-electron chi connectivity index (χ2n) is 4.51. The highest BCUT2D eigenvalue weighted by molar-refractivity contribution is 5.68. The number of aliphatic hydroxyl groups excluding tert-OH is 1.